The van der Waals surface area contributed by atoms with Gasteiger partial charge in [-0.05, 0) is 58.3 Å². The molecule has 3 rings (SSSR count). The normalized spacial score (nSPS) is 40.5. The van der Waals surface area contributed by atoms with Crippen molar-refractivity contribution in [2.75, 3.05) is 13.2 Å². The average molecular weight is 282 g/mol. The highest BCUT2D eigenvalue weighted by Gasteiger charge is 2.71. The fourth-order valence-corrected chi connectivity index (χ4v) is 3.72. The Morgan fingerprint density at radius 3 is 3.00 bits per heavy atom. The van der Waals surface area contributed by atoms with Crippen molar-refractivity contribution >= 4 is 5.78 Å². The second kappa shape index (κ2) is 5.74. The number of unbranched alkanes of at least 4 members (excludes halogenated alkanes) is 1. The molecule has 114 valence electrons. The minimum absolute atomic E-state index is 0.0145. The maximum atomic E-state index is 11.9. The molecule has 0 aromatic rings. The Bertz CT molecular complexity index is 363. The third-order valence-corrected chi connectivity index (χ3v) is 5.16. The minimum Gasteiger partial charge on any atom is -0.355 e. The van der Waals surface area contributed by atoms with Crippen molar-refractivity contribution in [3.63, 3.8) is 0 Å². The summed E-state index contributed by atoms with van der Waals surface area (Å²) < 4.78 is 17.1. The van der Waals surface area contributed by atoms with Gasteiger partial charge in [-0.25, -0.2) is 0 Å². The number of epoxide rings is 1. The molecule has 4 nitrogen and oxygen atoms in total. The molecule has 0 bridgehead atoms. The zero-order valence-electron chi connectivity index (χ0n) is 12.5. The SMILES string of the molecule is CC12OC1(CCCCOC1CCCCO1)CCCC2=O. The van der Waals surface area contributed by atoms with Crippen LogP contribution < -0.4 is 0 Å². The number of carbonyl (C=O) groups is 1. The van der Waals surface area contributed by atoms with Gasteiger partial charge in [-0.15, -0.1) is 0 Å². The quantitative estimate of drug-likeness (QED) is 0.555. The van der Waals surface area contributed by atoms with E-state index >= 15 is 0 Å². The van der Waals surface area contributed by atoms with Crippen LogP contribution in [0, 0.1) is 0 Å². The summed E-state index contributed by atoms with van der Waals surface area (Å²) in [5, 5.41) is 0. The first kappa shape index (κ1) is 14.5. The molecule has 0 spiro atoms. The molecule has 0 aromatic carbocycles. The van der Waals surface area contributed by atoms with Crippen molar-refractivity contribution in [1.29, 1.82) is 0 Å². The van der Waals surface area contributed by atoms with E-state index in [0.29, 0.717) is 12.2 Å². The first-order valence-electron chi connectivity index (χ1n) is 8.13. The number of fused-ring (bicyclic) bond motifs is 1. The largest absolute Gasteiger partial charge is 0.355 e. The van der Waals surface area contributed by atoms with E-state index in [1.54, 1.807) is 0 Å². The highest BCUT2D eigenvalue weighted by Crippen LogP contribution is 2.58. The van der Waals surface area contributed by atoms with Gasteiger partial charge in [0.15, 0.2) is 17.7 Å². The average Bonchev–Trinajstić information content (AvgIpc) is 3.08. The van der Waals surface area contributed by atoms with Gasteiger partial charge in [-0.1, -0.05) is 0 Å². The van der Waals surface area contributed by atoms with Gasteiger partial charge in [0.05, 0.1) is 0 Å². The fourth-order valence-electron chi connectivity index (χ4n) is 3.72. The fraction of sp³-hybridized carbons (Fsp3) is 0.938. The maximum Gasteiger partial charge on any atom is 0.167 e. The summed E-state index contributed by atoms with van der Waals surface area (Å²) in [6, 6.07) is 0. The Balaban J connectivity index is 1.33. The molecule has 20 heavy (non-hydrogen) atoms. The highest BCUT2D eigenvalue weighted by atomic mass is 16.7. The van der Waals surface area contributed by atoms with E-state index in [4.69, 9.17) is 14.2 Å². The van der Waals surface area contributed by atoms with Gasteiger partial charge in [0.1, 0.15) is 5.60 Å². The number of ketones is 1. The molecule has 1 aliphatic carbocycles. The van der Waals surface area contributed by atoms with Crippen LogP contribution in [0.4, 0.5) is 0 Å². The molecular weight excluding hydrogens is 256 g/mol. The molecule has 3 unspecified atom stereocenters. The molecule has 1 saturated carbocycles. The third kappa shape index (κ3) is 2.66. The van der Waals surface area contributed by atoms with E-state index in [2.05, 4.69) is 0 Å². The summed E-state index contributed by atoms with van der Waals surface area (Å²) in [6.07, 6.45) is 9.21. The summed E-state index contributed by atoms with van der Waals surface area (Å²) in [7, 11) is 0. The Morgan fingerprint density at radius 1 is 1.30 bits per heavy atom. The van der Waals surface area contributed by atoms with Crippen LogP contribution in [0.5, 0.6) is 0 Å². The van der Waals surface area contributed by atoms with Crippen LogP contribution in [0.1, 0.15) is 64.7 Å². The van der Waals surface area contributed by atoms with Crippen LogP contribution in [-0.4, -0.2) is 36.5 Å². The van der Waals surface area contributed by atoms with Crippen molar-refractivity contribution in [3.8, 4) is 0 Å². The first-order chi connectivity index (χ1) is 9.66. The zero-order chi connectivity index (χ0) is 14.1. The van der Waals surface area contributed by atoms with Crippen molar-refractivity contribution in [1.82, 2.24) is 0 Å². The van der Waals surface area contributed by atoms with Gasteiger partial charge in [0.2, 0.25) is 0 Å². The molecule has 3 atom stereocenters. The third-order valence-electron chi connectivity index (χ3n) is 5.16. The predicted molar refractivity (Wildman–Crippen MR) is 74.5 cm³/mol. The molecule has 2 aliphatic heterocycles. The predicted octanol–water partition coefficient (Wildman–Crippen LogP) is 2.98. The lowest BCUT2D eigenvalue weighted by atomic mass is 9.77. The summed E-state index contributed by atoms with van der Waals surface area (Å²) in [5.41, 5.74) is -0.595. The number of hydrogen-bond donors (Lipinski definition) is 0. The molecule has 2 saturated heterocycles. The lowest BCUT2D eigenvalue weighted by molar-refractivity contribution is -0.162. The number of hydrogen-bond acceptors (Lipinski definition) is 4. The number of ether oxygens (including phenoxy) is 3. The molecule has 0 amide bonds. The van der Waals surface area contributed by atoms with Gasteiger partial charge in [0.25, 0.3) is 0 Å². The van der Waals surface area contributed by atoms with Crippen LogP contribution in [-0.2, 0) is 19.0 Å². The smallest absolute Gasteiger partial charge is 0.167 e. The molecule has 0 radical (unpaired) electrons. The van der Waals surface area contributed by atoms with E-state index in [1.165, 1.54) is 6.42 Å². The van der Waals surface area contributed by atoms with Crippen LogP contribution in [0.3, 0.4) is 0 Å². The standard InChI is InChI=1S/C16H26O4/c1-15-13(17)7-6-10-16(15,20-15)9-3-5-12-19-14-8-2-4-11-18-14/h14H,2-12H2,1H3. The maximum absolute atomic E-state index is 11.9. The zero-order valence-corrected chi connectivity index (χ0v) is 12.5. The Labute approximate surface area is 121 Å². The number of rotatable bonds is 6. The van der Waals surface area contributed by atoms with Crippen molar-refractivity contribution in [2.45, 2.75) is 82.2 Å². The highest BCUT2D eigenvalue weighted by molar-refractivity contribution is 5.92. The van der Waals surface area contributed by atoms with E-state index < -0.39 is 5.60 Å². The number of carbonyl (C=O) groups excluding carboxylic acids is 1. The molecule has 3 aliphatic rings. The lowest BCUT2D eigenvalue weighted by Crippen LogP contribution is -2.35. The van der Waals surface area contributed by atoms with Crippen LogP contribution >= 0.6 is 0 Å². The Kier molecular flexibility index (Phi) is 4.16. The summed E-state index contributed by atoms with van der Waals surface area (Å²) in [5.74, 6) is 0.301. The summed E-state index contributed by atoms with van der Waals surface area (Å²) in [6.45, 7) is 3.56. The van der Waals surface area contributed by atoms with E-state index in [1.807, 2.05) is 6.92 Å². The monoisotopic (exact) mass is 282 g/mol. The van der Waals surface area contributed by atoms with Crippen LogP contribution in [0.15, 0.2) is 0 Å². The summed E-state index contributed by atoms with van der Waals surface area (Å²) >= 11 is 0. The van der Waals surface area contributed by atoms with Gasteiger partial charge < -0.3 is 14.2 Å². The van der Waals surface area contributed by atoms with Crippen molar-refractivity contribution in [3.05, 3.63) is 0 Å². The molecule has 0 aromatic heterocycles. The number of Topliss-reactive ketones (excluding diaryl/α,β-unsaturated/α-hetero) is 1. The Morgan fingerprint density at radius 2 is 2.20 bits per heavy atom. The van der Waals surface area contributed by atoms with E-state index in [0.717, 1.165) is 58.2 Å². The lowest BCUT2D eigenvalue weighted by Gasteiger charge is -2.23. The minimum atomic E-state index is -0.460. The van der Waals surface area contributed by atoms with Gasteiger partial charge >= 0.3 is 0 Å². The Hall–Kier alpha value is -0.450. The van der Waals surface area contributed by atoms with Crippen LogP contribution in [0.25, 0.3) is 0 Å². The second-order valence-electron chi connectivity index (χ2n) is 6.53. The van der Waals surface area contributed by atoms with Gasteiger partial charge in [0, 0.05) is 19.6 Å². The van der Waals surface area contributed by atoms with Gasteiger partial charge in [-0.3, -0.25) is 4.79 Å². The molecule has 2 heterocycles. The molecule has 0 N–H and O–H groups in total. The molecular formula is C16H26O4. The van der Waals surface area contributed by atoms with E-state index in [9.17, 15) is 4.79 Å². The molecule has 3 fully saturated rings. The van der Waals surface area contributed by atoms with Gasteiger partial charge in [-0.2, -0.15) is 0 Å². The second-order valence-corrected chi connectivity index (χ2v) is 6.53. The van der Waals surface area contributed by atoms with E-state index in [-0.39, 0.29) is 11.9 Å². The van der Waals surface area contributed by atoms with Crippen LogP contribution in [0.2, 0.25) is 0 Å². The summed E-state index contributed by atoms with van der Waals surface area (Å²) in [4.78, 5) is 11.9. The van der Waals surface area contributed by atoms with Crippen molar-refractivity contribution < 1.29 is 19.0 Å². The topological polar surface area (TPSA) is 48.1 Å². The first-order valence-corrected chi connectivity index (χ1v) is 8.13. The van der Waals surface area contributed by atoms with Crippen molar-refractivity contribution in [2.24, 2.45) is 0 Å². The molecule has 4 heteroatoms.